The molecule has 1 nitrogen and oxygen atoms in total. The lowest BCUT2D eigenvalue weighted by atomic mass is 9.92. The third-order valence-electron chi connectivity index (χ3n) is 2.69. The van der Waals surface area contributed by atoms with Gasteiger partial charge in [-0.15, -0.1) is 11.3 Å². The highest BCUT2D eigenvalue weighted by Crippen LogP contribution is 2.34. The summed E-state index contributed by atoms with van der Waals surface area (Å²) < 4.78 is 13.1. The van der Waals surface area contributed by atoms with Crippen LogP contribution in [0.5, 0.6) is 0 Å². The Bertz CT molecular complexity index is 502. The summed E-state index contributed by atoms with van der Waals surface area (Å²) in [6.45, 7) is 3.64. The molecule has 2 rings (SSSR count). The lowest BCUT2D eigenvalue weighted by Crippen LogP contribution is -2.22. The second kappa shape index (κ2) is 4.00. The maximum Gasteiger partial charge on any atom is 0.123 e. The van der Waals surface area contributed by atoms with Gasteiger partial charge in [0.2, 0.25) is 0 Å². The van der Waals surface area contributed by atoms with Crippen molar-refractivity contribution in [2.24, 2.45) is 0 Å². The molecule has 1 N–H and O–H groups in total. The van der Waals surface area contributed by atoms with Crippen LogP contribution in [0.4, 0.5) is 4.39 Å². The Hall–Kier alpha value is -1.19. The molecule has 0 saturated carbocycles. The molecular formula is C13H13FOS. The van der Waals surface area contributed by atoms with Crippen molar-refractivity contribution in [2.45, 2.75) is 19.4 Å². The first-order valence-electron chi connectivity index (χ1n) is 5.05. The van der Waals surface area contributed by atoms with Crippen LogP contribution < -0.4 is 0 Å². The second-order valence-electron chi connectivity index (χ2n) is 4.02. The first kappa shape index (κ1) is 11.3. The predicted octanol–water partition coefficient (Wildman–Crippen LogP) is 3.45. The molecule has 0 fully saturated rings. The lowest BCUT2D eigenvalue weighted by molar-refractivity contribution is 0.105. The Morgan fingerprint density at radius 1 is 1.31 bits per heavy atom. The van der Waals surface area contributed by atoms with Gasteiger partial charge < -0.3 is 5.11 Å². The van der Waals surface area contributed by atoms with Gasteiger partial charge in [-0.05, 0) is 48.6 Å². The number of rotatable bonds is 2. The van der Waals surface area contributed by atoms with Gasteiger partial charge >= 0.3 is 0 Å². The van der Waals surface area contributed by atoms with Crippen molar-refractivity contribution in [3.63, 3.8) is 0 Å². The van der Waals surface area contributed by atoms with Crippen LogP contribution in [0.15, 0.2) is 35.7 Å². The van der Waals surface area contributed by atoms with Gasteiger partial charge in [0.05, 0.1) is 0 Å². The van der Waals surface area contributed by atoms with Crippen molar-refractivity contribution >= 4 is 11.3 Å². The summed E-state index contributed by atoms with van der Waals surface area (Å²) in [5.41, 5.74) is 0.484. The molecule has 2 aromatic rings. The van der Waals surface area contributed by atoms with E-state index in [-0.39, 0.29) is 5.82 Å². The zero-order valence-corrected chi connectivity index (χ0v) is 10.0. The zero-order chi connectivity index (χ0) is 11.8. The van der Waals surface area contributed by atoms with Gasteiger partial charge in [-0.3, -0.25) is 0 Å². The average molecular weight is 236 g/mol. The Morgan fingerprint density at radius 3 is 2.62 bits per heavy atom. The molecule has 1 aromatic heterocycles. The number of aliphatic hydroxyl groups is 1. The summed E-state index contributed by atoms with van der Waals surface area (Å²) in [6.07, 6.45) is 0. The molecule has 0 aliphatic carbocycles. The van der Waals surface area contributed by atoms with Gasteiger partial charge in [-0.25, -0.2) is 4.39 Å². The fraction of sp³-hybridized carbons (Fsp3) is 0.231. The maximum absolute atomic E-state index is 13.1. The molecule has 1 aromatic carbocycles. The minimum absolute atomic E-state index is 0.327. The molecule has 3 heteroatoms. The highest BCUT2D eigenvalue weighted by Gasteiger charge is 2.28. The van der Waals surface area contributed by atoms with E-state index in [1.807, 2.05) is 18.4 Å². The zero-order valence-electron chi connectivity index (χ0n) is 9.20. The van der Waals surface area contributed by atoms with Crippen LogP contribution in [0.3, 0.4) is 0 Å². The molecule has 1 atom stereocenters. The van der Waals surface area contributed by atoms with Crippen molar-refractivity contribution in [3.05, 3.63) is 57.5 Å². The molecule has 1 heterocycles. The van der Waals surface area contributed by atoms with Gasteiger partial charge in [0.15, 0.2) is 0 Å². The van der Waals surface area contributed by atoms with Gasteiger partial charge in [-0.2, -0.15) is 0 Å². The van der Waals surface area contributed by atoms with Crippen molar-refractivity contribution in [1.82, 2.24) is 0 Å². The number of hydrogen-bond acceptors (Lipinski definition) is 2. The fourth-order valence-electron chi connectivity index (χ4n) is 1.79. The summed E-state index contributed by atoms with van der Waals surface area (Å²) in [5, 5.41) is 12.4. The first-order valence-corrected chi connectivity index (χ1v) is 5.93. The average Bonchev–Trinajstić information content (AvgIpc) is 2.65. The van der Waals surface area contributed by atoms with Crippen LogP contribution in [-0.2, 0) is 5.60 Å². The van der Waals surface area contributed by atoms with E-state index < -0.39 is 5.60 Å². The maximum atomic E-state index is 13.1. The molecule has 0 radical (unpaired) electrons. The van der Waals surface area contributed by atoms with E-state index in [1.54, 1.807) is 19.1 Å². The molecular weight excluding hydrogens is 223 g/mol. The van der Waals surface area contributed by atoms with Gasteiger partial charge in [0, 0.05) is 4.88 Å². The Kier molecular flexibility index (Phi) is 2.82. The predicted molar refractivity (Wildman–Crippen MR) is 64.1 cm³/mol. The highest BCUT2D eigenvalue weighted by molar-refractivity contribution is 7.10. The molecule has 0 spiro atoms. The summed E-state index contributed by atoms with van der Waals surface area (Å²) in [7, 11) is 0. The Labute approximate surface area is 98.2 Å². The first-order chi connectivity index (χ1) is 7.51. The molecule has 16 heavy (non-hydrogen) atoms. The van der Waals surface area contributed by atoms with Crippen molar-refractivity contribution in [2.75, 3.05) is 0 Å². The number of halogens is 1. The number of thiophene rings is 1. The number of benzene rings is 1. The summed E-state index contributed by atoms with van der Waals surface area (Å²) in [5.74, 6) is -0.327. The van der Waals surface area contributed by atoms with Crippen LogP contribution >= 0.6 is 11.3 Å². The molecule has 0 aliphatic rings. The number of aryl methyl sites for hydroxylation is 1. The molecule has 1 unspecified atom stereocenters. The topological polar surface area (TPSA) is 20.2 Å². The molecule has 0 bridgehead atoms. The van der Waals surface area contributed by atoms with Crippen molar-refractivity contribution in [3.8, 4) is 0 Å². The summed E-state index contributed by atoms with van der Waals surface area (Å²) in [4.78, 5) is 0.859. The van der Waals surface area contributed by atoms with Crippen LogP contribution in [0.25, 0.3) is 0 Å². The third-order valence-corrected chi connectivity index (χ3v) is 3.92. The molecule has 84 valence electrons. The fourth-order valence-corrected chi connectivity index (χ4v) is 2.80. The van der Waals surface area contributed by atoms with E-state index in [0.29, 0.717) is 5.56 Å². The SMILES string of the molecule is Cc1ccsc1C(C)(O)c1cccc(F)c1. The standard InChI is InChI=1S/C13H13FOS/c1-9-6-7-16-12(9)13(2,15)10-4-3-5-11(14)8-10/h3-8,15H,1-2H3. The smallest absolute Gasteiger partial charge is 0.123 e. The van der Waals surface area contributed by atoms with E-state index >= 15 is 0 Å². The quantitative estimate of drug-likeness (QED) is 0.846. The minimum atomic E-state index is -1.12. The normalized spacial score (nSPS) is 14.8. The van der Waals surface area contributed by atoms with E-state index in [4.69, 9.17) is 0 Å². The van der Waals surface area contributed by atoms with E-state index in [1.165, 1.54) is 23.5 Å². The Balaban J connectivity index is 2.51. The van der Waals surface area contributed by atoms with Crippen LogP contribution in [-0.4, -0.2) is 5.11 Å². The summed E-state index contributed by atoms with van der Waals surface area (Å²) >= 11 is 1.48. The van der Waals surface area contributed by atoms with E-state index in [2.05, 4.69) is 0 Å². The van der Waals surface area contributed by atoms with Gasteiger partial charge in [0.25, 0.3) is 0 Å². The van der Waals surface area contributed by atoms with Gasteiger partial charge in [0.1, 0.15) is 11.4 Å². The molecule has 0 aliphatic heterocycles. The molecule has 0 amide bonds. The summed E-state index contributed by atoms with van der Waals surface area (Å²) in [6, 6.07) is 8.05. The van der Waals surface area contributed by atoms with Crippen LogP contribution in [0, 0.1) is 12.7 Å². The monoisotopic (exact) mass is 236 g/mol. The van der Waals surface area contributed by atoms with E-state index in [0.717, 1.165) is 10.4 Å². The lowest BCUT2D eigenvalue weighted by Gasteiger charge is -2.23. The van der Waals surface area contributed by atoms with Crippen molar-refractivity contribution < 1.29 is 9.50 Å². The van der Waals surface area contributed by atoms with Crippen LogP contribution in [0.1, 0.15) is 22.9 Å². The minimum Gasteiger partial charge on any atom is -0.380 e. The van der Waals surface area contributed by atoms with Crippen LogP contribution in [0.2, 0.25) is 0 Å². The highest BCUT2D eigenvalue weighted by atomic mass is 32.1. The second-order valence-corrected chi connectivity index (χ2v) is 4.93. The number of hydrogen-bond donors (Lipinski definition) is 1. The largest absolute Gasteiger partial charge is 0.380 e. The van der Waals surface area contributed by atoms with Crippen molar-refractivity contribution in [1.29, 1.82) is 0 Å². The van der Waals surface area contributed by atoms with Gasteiger partial charge in [-0.1, -0.05) is 12.1 Å². The third kappa shape index (κ3) is 1.88. The van der Waals surface area contributed by atoms with E-state index in [9.17, 15) is 9.50 Å². The molecule has 0 saturated heterocycles. The Morgan fingerprint density at radius 2 is 2.06 bits per heavy atom.